The summed E-state index contributed by atoms with van der Waals surface area (Å²) in [5.74, 6) is -0.825. The zero-order valence-corrected chi connectivity index (χ0v) is 24.1. The van der Waals surface area contributed by atoms with E-state index in [1.165, 1.54) is 12.1 Å². The number of rotatable bonds is 14. The topological polar surface area (TPSA) is 78.9 Å². The van der Waals surface area contributed by atoms with Gasteiger partial charge in [0.25, 0.3) is 0 Å². The van der Waals surface area contributed by atoms with Crippen molar-refractivity contribution in [3.8, 4) is 5.75 Å². The van der Waals surface area contributed by atoms with Crippen molar-refractivity contribution in [3.05, 3.63) is 162 Å². The zero-order chi connectivity index (χ0) is 30.7. The van der Waals surface area contributed by atoms with E-state index in [-0.39, 0.29) is 18.0 Å². The molecule has 0 heterocycles. The molecule has 5 rings (SSSR count). The Balaban J connectivity index is 1.21. The predicted molar refractivity (Wildman–Crippen MR) is 171 cm³/mol. The van der Waals surface area contributed by atoms with Gasteiger partial charge in [-0.15, -0.1) is 0 Å². The third-order valence-corrected chi connectivity index (χ3v) is 7.24. The van der Waals surface area contributed by atoms with E-state index < -0.39 is 12.0 Å². The van der Waals surface area contributed by atoms with Crippen molar-refractivity contribution in [2.24, 2.45) is 0 Å². The minimum Gasteiger partial charge on any atom is -0.492 e. The van der Waals surface area contributed by atoms with Crippen LogP contribution in [0.4, 0.5) is 15.8 Å². The molecule has 5 aromatic rings. The normalized spacial score (nSPS) is 11.4. The van der Waals surface area contributed by atoms with Crippen LogP contribution in [0.25, 0.3) is 0 Å². The molecule has 0 saturated heterocycles. The molecule has 44 heavy (non-hydrogen) atoms. The first-order valence-electron chi connectivity index (χ1n) is 14.4. The second kappa shape index (κ2) is 14.6. The Morgan fingerprint density at radius 1 is 0.750 bits per heavy atom. The van der Waals surface area contributed by atoms with Crippen molar-refractivity contribution < 1.29 is 23.8 Å². The quantitative estimate of drug-likeness (QED) is 0.133. The zero-order valence-electron chi connectivity index (χ0n) is 24.1. The van der Waals surface area contributed by atoms with Crippen LogP contribution in [0.15, 0.2) is 133 Å². The number of halogens is 1. The van der Waals surface area contributed by atoms with Gasteiger partial charge in [-0.3, -0.25) is 4.79 Å². The fraction of sp³-hybridized carbons (Fsp3) is 0.135. The lowest BCUT2D eigenvalue weighted by atomic mass is 10.00. The molecule has 0 bridgehead atoms. The summed E-state index contributed by atoms with van der Waals surface area (Å²) in [4.78, 5) is 27.4. The smallest absolute Gasteiger partial charge is 0.326 e. The molecule has 222 valence electrons. The molecule has 0 fully saturated rings. The van der Waals surface area contributed by atoms with Crippen LogP contribution >= 0.6 is 0 Å². The summed E-state index contributed by atoms with van der Waals surface area (Å²) in [6.45, 7) is 1.63. The van der Waals surface area contributed by atoms with E-state index in [4.69, 9.17) is 4.74 Å². The Bertz CT molecular complexity index is 1660. The maximum atomic E-state index is 13.5. The first-order chi connectivity index (χ1) is 21.5. The van der Waals surface area contributed by atoms with Crippen LogP contribution < -0.4 is 15.0 Å². The summed E-state index contributed by atoms with van der Waals surface area (Å²) in [5.41, 5.74) is 4.25. The van der Waals surface area contributed by atoms with Crippen LogP contribution in [0.5, 0.6) is 5.75 Å². The van der Waals surface area contributed by atoms with E-state index >= 15 is 0 Å². The van der Waals surface area contributed by atoms with Crippen molar-refractivity contribution in [1.29, 1.82) is 0 Å². The van der Waals surface area contributed by atoms with Crippen molar-refractivity contribution in [1.82, 2.24) is 0 Å². The summed E-state index contributed by atoms with van der Waals surface area (Å²) in [5, 5.41) is 13.0. The van der Waals surface area contributed by atoms with E-state index in [1.807, 2.05) is 48.5 Å². The summed E-state index contributed by atoms with van der Waals surface area (Å²) in [6.07, 6.45) is 0.207. The van der Waals surface area contributed by atoms with E-state index in [9.17, 15) is 19.1 Å². The SMILES string of the molecule is O=C(c1ccccc1)c1ccccc1N[C@@H](Cc1ccc(OCCN(Cc2ccccc2)c2ccc(F)cc2)cc1)C(=O)O. The molecular formula is C37H33FN2O4. The Morgan fingerprint density at radius 2 is 1.39 bits per heavy atom. The molecule has 0 aromatic heterocycles. The molecule has 0 unspecified atom stereocenters. The Labute approximate surface area is 256 Å². The summed E-state index contributed by atoms with van der Waals surface area (Å²) in [7, 11) is 0. The number of ether oxygens (including phenoxy) is 1. The van der Waals surface area contributed by atoms with Crippen LogP contribution in [0.2, 0.25) is 0 Å². The highest BCUT2D eigenvalue weighted by atomic mass is 19.1. The van der Waals surface area contributed by atoms with Gasteiger partial charge in [0, 0.05) is 35.5 Å². The Morgan fingerprint density at radius 3 is 2.07 bits per heavy atom. The molecule has 0 aliphatic heterocycles. The molecule has 0 radical (unpaired) electrons. The molecule has 0 spiro atoms. The number of hydrogen-bond donors (Lipinski definition) is 2. The molecule has 6 nitrogen and oxygen atoms in total. The molecule has 0 aliphatic carbocycles. The maximum absolute atomic E-state index is 13.5. The second-order valence-electron chi connectivity index (χ2n) is 10.4. The van der Waals surface area contributed by atoms with Crippen LogP contribution in [0, 0.1) is 5.82 Å². The van der Waals surface area contributed by atoms with E-state index in [0.29, 0.717) is 42.3 Å². The average Bonchev–Trinajstić information content (AvgIpc) is 3.06. The van der Waals surface area contributed by atoms with Gasteiger partial charge in [0.05, 0.1) is 6.54 Å². The Kier molecular flexibility index (Phi) is 10.0. The fourth-order valence-electron chi connectivity index (χ4n) is 4.93. The van der Waals surface area contributed by atoms with Crippen molar-refractivity contribution in [3.63, 3.8) is 0 Å². The number of anilines is 2. The van der Waals surface area contributed by atoms with Gasteiger partial charge in [0.2, 0.25) is 0 Å². The number of carbonyl (C=O) groups excluding carboxylic acids is 1. The van der Waals surface area contributed by atoms with Gasteiger partial charge in [0.1, 0.15) is 24.2 Å². The van der Waals surface area contributed by atoms with Crippen LogP contribution in [0.3, 0.4) is 0 Å². The van der Waals surface area contributed by atoms with Crippen molar-refractivity contribution in [2.75, 3.05) is 23.4 Å². The highest BCUT2D eigenvalue weighted by Gasteiger charge is 2.21. The van der Waals surface area contributed by atoms with Gasteiger partial charge >= 0.3 is 5.97 Å². The molecule has 7 heteroatoms. The summed E-state index contributed by atoms with van der Waals surface area (Å²) < 4.78 is 19.6. The van der Waals surface area contributed by atoms with Gasteiger partial charge in [-0.1, -0.05) is 84.9 Å². The second-order valence-corrected chi connectivity index (χ2v) is 10.4. The molecule has 0 amide bonds. The summed E-state index contributed by atoms with van der Waals surface area (Å²) >= 11 is 0. The molecular weight excluding hydrogens is 555 g/mol. The van der Waals surface area contributed by atoms with Gasteiger partial charge in [0.15, 0.2) is 5.78 Å². The van der Waals surface area contributed by atoms with E-state index in [1.54, 1.807) is 60.7 Å². The monoisotopic (exact) mass is 588 g/mol. The lowest BCUT2D eigenvalue weighted by molar-refractivity contribution is -0.137. The number of carboxylic acids is 1. The number of hydrogen-bond acceptors (Lipinski definition) is 5. The maximum Gasteiger partial charge on any atom is 0.326 e. The predicted octanol–water partition coefficient (Wildman–Crippen LogP) is 7.25. The van der Waals surface area contributed by atoms with Crippen LogP contribution in [-0.2, 0) is 17.8 Å². The Hall–Kier alpha value is -5.43. The number of benzene rings is 5. The van der Waals surface area contributed by atoms with E-state index in [0.717, 1.165) is 16.8 Å². The largest absolute Gasteiger partial charge is 0.492 e. The van der Waals surface area contributed by atoms with Crippen molar-refractivity contribution >= 4 is 23.1 Å². The highest BCUT2D eigenvalue weighted by Crippen LogP contribution is 2.23. The highest BCUT2D eigenvalue weighted by molar-refractivity contribution is 6.12. The lowest BCUT2D eigenvalue weighted by Gasteiger charge is -2.25. The minimum atomic E-state index is -1.02. The number of carboxylic acid groups (broad SMARTS) is 1. The van der Waals surface area contributed by atoms with Crippen LogP contribution in [-0.4, -0.2) is 36.1 Å². The van der Waals surface area contributed by atoms with Gasteiger partial charge in [-0.05, 0) is 59.7 Å². The third kappa shape index (κ3) is 8.10. The minimum absolute atomic E-state index is 0.180. The average molecular weight is 589 g/mol. The van der Waals surface area contributed by atoms with Gasteiger partial charge in [-0.2, -0.15) is 0 Å². The van der Waals surface area contributed by atoms with Gasteiger partial charge in [-0.25, -0.2) is 9.18 Å². The van der Waals surface area contributed by atoms with Crippen LogP contribution in [0.1, 0.15) is 27.0 Å². The summed E-state index contributed by atoms with van der Waals surface area (Å²) in [6, 6.07) is 38.7. The number of aliphatic carboxylic acids is 1. The third-order valence-electron chi connectivity index (χ3n) is 7.24. The first-order valence-corrected chi connectivity index (χ1v) is 14.4. The number of para-hydroxylation sites is 1. The number of carbonyl (C=O) groups is 2. The standard InChI is InChI=1S/C37H33FN2O4/c38-30-17-19-31(20-18-30)40(26-28-9-3-1-4-10-28)23-24-44-32-21-15-27(16-22-32)25-35(37(42)43)39-34-14-8-7-13-33(34)36(41)29-11-5-2-6-12-29/h1-22,35,39H,23-26H2,(H,42,43)/t35-/m0/s1. The molecule has 0 aliphatic rings. The molecule has 2 N–H and O–H groups in total. The van der Waals surface area contributed by atoms with Gasteiger partial charge < -0.3 is 20.1 Å². The fourth-order valence-corrected chi connectivity index (χ4v) is 4.93. The number of nitrogens with one attached hydrogen (secondary N) is 1. The number of nitrogens with zero attached hydrogens (tertiary/aromatic N) is 1. The molecule has 0 saturated carbocycles. The lowest BCUT2D eigenvalue weighted by Crippen LogP contribution is -2.32. The van der Waals surface area contributed by atoms with Crippen molar-refractivity contribution in [2.45, 2.75) is 19.0 Å². The first kappa shape index (κ1) is 30.0. The molecule has 1 atom stereocenters. The molecule has 5 aromatic carbocycles. The number of ketones is 1. The van der Waals surface area contributed by atoms with E-state index in [2.05, 4.69) is 22.3 Å².